The number of ether oxygens (including phenoxy) is 1. The van der Waals surface area contributed by atoms with Crippen LogP contribution in [0.5, 0.6) is 0 Å². The summed E-state index contributed by atoms with van der Waals surface area (Å²) in [6.45, 7) is 5.90. The number of hydrogen-bond acceptors (Lipinski definition) is 6. The molecule has 1 aromatic rings. The van der Waals surface area contributed by atoms with Gasteiger partial charge in [0, 0.05) is 20.1 Å². The van der Waals surface area contributed by atoms with Gasteiger partial charge in [0.15, 0.2) is 0 Å². The number of aryl methyl sites for hydroxylation is 1. The summed E-state index contributed by atoms with van der Waals surface area (Å²) < 4.78 is 7.56. The molecular weight excluding hydrogens is 232 g/mol. The van der Waals surface area contributed by atoms with Crippen molar-refractivity contribution in [3.8, 4) is 0 Å². The predicted molar refractivity (Wildman–Crippen MR) is 67.5 cm³/mol. The standard InChI is InChI=1S/C11H22N6O/c1-3-4-17-5-6-18-10(8-17)11(14-12)9-7-13-15-16(9)2/h7,10-11,14H,3-6,8,12H2,1-2H3. The van der Waals surface area contributed by atoms with Gasteiger partial charge in [-0.05, 0) is 13.0 Å². The molecular formula is C11H22N6O. The summed E-state index contributed by atoms with van der Waals surface area (Å²) in [4.78, 5) is 2.41. The Kier molecular flexibility index (Phi) is 4.65. The molecule has 7 heteroatoms. The molecule has 2 heterocycles. The van der Waals surface area contributed by atoms with Crippen LogP contribution < -0.4 is 11.3 Å². The van der Waals surface area contributed by atoms with Gasteiger partial charge < -0.3 is 4.74 Å². The Morgan fingerprint density at radius 1 is 1.67 bits per heavy atom. The Bertz CT molecular complexity index is 366. The minimum Gasteiger partial charge on any atom is -0.373 e. The molecule has 1 fully saturated rings. The monoisotopic (exact) mass is 254 g/mol. The number of nitrogens with zero attached hydrogens (tertiary/aromatic N) is 4. The first-order valence-electron chi connectivity index (χ1n) is 6.41. The lowest BCUT2D eigenvalue weighted by atomic mass is 10.1. The van der Waals surface area contributed by atoms with Crippen LogP contribution in [0.2, 0.25) is 0 Å². The van der Waals surface area contributed by atoms with Gasteiger partial charge in [0.2, 0.25) is 0 Å². The summed E-state index contributed by atoms with van der Waals surface area (Å²) in [5.74, 6) is 5.67. The first-order valence-corrected chi connectivity index (χ1v) is 6.41. The van der Waals surface area contributed by atoms with Crippen molar-refractivity contribution >= 4 is 0 Å². The van der Waals surface area contributed by atoms with Crippen molar-refractivity contribution in [1.82, 2.24) is 25.3 Å². The fraction of sp³-hybridized carbons (Fsp3) is 0.818. The molecule has 1 saturated heterocycles. The summed E-state index contributed by atoms with van der Waals surface area (Å²) in [6.07, 6.45) is 2.92. The number of rotatable bonds is 5. The molecule has 0 bridgehead atoms. The van der Waals surface area contributed by atoms with Crippen molar-refractivity contribution in [2.24, 2.45) is 12.9 Å². The van der Waals surface area contributed by atoms with E-state index in [9.17, 15) is 0 Å². The molecule has 0 aliphatic carbocycles. The van der Waals surface area contributed by atoms with Crippen LogP contribution in [0, 0.1) is 0 Å². The quantitative estimate of drug-likeness (QED) is 0.541. The number of nitrogens with one attached hydrogen (secondary N) is 1. The third-order valence-electron chi connectivity index (χ3n) is 3.34. The van der Waals surface area contributed by atoms with E-state index >= 15 is 0 Å². The molecule has 102 valence electrons. The van der Waals surface area contributed by atoms with Crippen LogP contribution in [-0.2, 0) is 11.8 Å². The lowest BCUT2D eigenvalue weighted by Gasteiger charge is -2.36. The van der Waals surface area contributed by atoms with E-state index in [0.29, 0.717) is 0 Å². The molecule has 0 amide bonds. The summed E-state index contributed by atoms with van der Waals surface area (Å²) in [7, 11) is 1.86. The van der Waals surface area contributed by atoms with Crippen LogP contribution in [0.4, 0.5) is 0 Å². The zero-order valence-corrected chi connectivity index (χ0v) is 11.0. The van der Waals surface area contributed by atoms with E-state index in [4.69, 9.17) is 10.6 Å². The smallest absolute Gasteiger partial charge is 0.0925 e. The lowest BCUT2D eigenvalue weighted by Crippen LogP contribution is -2.50. The van der Waals surface area contributed by atoms with Crippen molar-refractivity contribution in [2.75, 3.05) is 26.2 Å². The molecule has 18 heavy (non-hydrogen) atoms. The van der Waals surface area contributed by atoms with Crippen LogP contribution >= 0.6 is 0 Å². The average Bonchev–Trinajstić information content (AvgIpc) is 2.78. The largest absolute Gasteiger partial charge is 0.373 e. The van der Waals surface area contributed by atoms with E-state index < -0.39 is 0 Å². The Labute approximate surface area is 107 Å². The summed E-state index contributed by atoms with van der Waals surface area (Å²) in [6, 6.07) is -0.0790. The van der Waals surface area contributed by atoms with E-state index in [0.717, 1.165) is 38.4 Å². The molecule has 0 spiro atoms. The van der Waals surface area contributed by atoms with Gasteiger partial charge in [0.05, 0.1) is 30.6 Å². The number of hydrogen-bond donors (Lipinski definition) is 2. The molecule has 1 aliphatic heterocycles. The molecule has 2 rings (SSSR count). The van der Waals surface area contributed by atoms with Crippen molar-refractivity contribution in [3.05, 3.63) is 11.9 Å². The zero-order chi connectivity index (χ0) is 13.0. The molecule has 0 aromatic carbocycles. The maximum atomic E-state index is 5.83. The topological polar surface area (TPSA) is 81.2 Å². The highest BCUT2D eigenvalue weighted by atomic mass is 16.5. The summed E-state index contributed by atoms with van der Waals surface area (Å²) in [5.41, 5.74) is 3.77. The molecule has 7 nitrogen and oxygen atoms in total. The van der Waals surface area contributed by atoms with Gasteiger partial charge in [0.1, 0.15) is 0 Å². The SMILES string of the molecule is CCCN1CCOC(C(NN)c2cnnn2C)C1. The molecule has 1 aromatic heterocycles. The fourth-order valence-corrected chi connectivity index (χ4v) is 2.41. The van der Waals surface area contributed by atoms with E-state index in [1.165, 1.54) is 0 Å². The second-order valence-corrected chi connectivity index (χ2v) is 4.64. The second kappa shape index (κ2) is 6.24. The van der Waals surface area contributed by atoms with Crippen molar-refractivity contribution in [2.45, 2.75) is 25.5 Å². The summed E-state index contributed by atoms with van der Waals surface area (Å²) >= 11 is 0. The van der Waals surface area contributed by atoms with Gasteiger partial charge in [-0.1, -0.05) is 12.1 Å². The highest BCUT2D eigenvalue weighted by molar-refractivity contribution is 5.05. The van der Waals surface area contributed by atoms with Crippen LogP contribution in [-0.4, -0.2) is 52.2 Å². The van der Waals surface area contributed by atoms with Gasteiger partial charge in [0.25, 0.3) is 0 Å². The molecule has 1 aliphatic rings. The summed E-state index contributed by atoms with van der Waals surface area (Å²) in [5, 5.41) is 7.83. The predicted octanol–water partition coefficient (Wildman–Crippen LogP) is -0.570. The lowest BCUT2D eigenvalue weighted by molar-refractivity contribution is -0.0483. The van der Waals surface area contributed by atoms with Gasteiger partial charge in [-0.3, -0.25) is 15.4 Å². The first-order chi connectivity index (χ1) is 8.76. The van der Waals surface area contributed by atoms with Gasteiger partial charge in [-0.25, -0.2) is 5.43 Å². The molecule has 2 atom stereocenters. The first kappa shape index (κ1) is 13.4. The van der Waals surface area contributed by atoms with E-state index in [1.54, 1.807) is 10.9 Å². The number of hydrazine groups is 1. The van der Waals surface area contributed by atoms with Gasteiger partial charge >= 0.3 is 0 Å². The van der Waals surface area contributed by atoms with E-state index in [2.05, 4.69) is 27.6 Å². The van der Waals surface area contributed by atoms with Crippen LogP contribution in [0.15, 0.2) is 6.20 Å². The minimum absolute atomic E-state index is 0.0347. The third kappa shape index (κ3) is 2.86. The Hall–Kier alpha value is -1.02. The zero-order valence-electron chi connectivity index (χ0n) is 11.0. The van der Waals surface area contributed by atoms with Crippen LogP contribution in [0.25, 0.3) is 0 Å². The maximum absolute atomic E-state index is 5.83. The average molecular weight is 254 g/mol. The second-order valence-electron chi connectivity index (χ2n) is 4.64. The maximum Gasteiger partial charge on any atom is 0.0925 e. The normalized spacial score (nSPS) is 23.2. The Balaban J connectivity index is 2.06. The van der Waals surface area contributed by atoms with E-state index in [1.807, 2.05) is 7.05 Å². The Morgan fingerprint density at radius 3 is 3.11 bits per heavy atom. The molecule has 2 unspecified atom stereocenters. The minimum atomic E-state index is -0.0790. The van der Waals surface area contributed by atoms with Crippen LogP contribution in [0.3, 0.4) is 0 Å². The molecule has 0 radical (unpaired) electrons. The van der Waals surface area contributed by atoms with Crippen molar-refractivity contribution in [1.29, 1.82) is 0 Å². The fourth-order valence-electron chi connectivity index (χ4n) is 2.41. The van der Waals surface area contributed by atoms with Gasteiger partial charge in [-0.2, -0.15) is 0 Å². The van der Waals surface area contributed by atoms with Gasteiger partial charge in [-0.15, -0.1) is 5.10 Å². The molecule has 3 N–H and O–H groups in total. The number of morpholine rings is 1. The van der Waals surface area contributed by atoms with Crippen molar-refractivity contribution < 1.29 is 4.74 Å². The molecule has 0 saturated carbocycles. The van der Waals surface area contributed by atoms with Crippen molar-refractivity contribution in [3.63, 3.8) is 0 Å². The third-order valence-corrected chi connectivity index (χ3v) is 3.34. The van der Waals surface area contributed by atoms with Crippen LogP contribution in [0.1, 0.15) is 25.1 Å². The van der Waals surface area contributed by atoms with E-state index in [-0.39, 0.29) is 12.1 Å². The highest BCUT2D eigenvalue weighted by Gasteiger charge is 2.30. The number of nitrogens with two attached hydrogens (primary N) is 1. The Morgan fingerprint density at radius 2 is 2.50 bits per heavy atom. The number of aromatic nitrogens is 3. The highest BCUT2D eigenvalue weighted by Crippen LogP contribution is 2.20.